The van der Waals surface area contributed by atoms with Crippen molar-refractivity contribution in [1.82, 2.24) is 9.97 Å². The van der Waals surface area contributed by atoms with Gasteiger partial charge in [-0.15, -0.1) is 0 Å². The van der Waals surface area contributed by atoms with Gasteiger partial charge < -0.3 is 11.1 Å². The minimum Gasteiger partial charge on any atom is -0.383 e. The van der Waals surface area contributed by atoms with E-state index >= 15 is 0 Å². The molecule has 0 spiro atoms. The topological polar surface area (TPSA) is 141 Å². The number of sulfonamides is 1. The SMILES string of the molecule is CC(=C(F)C(=O)Nc1ccc(-c2ccccc2S(N)(=O)=O)cc1)c1ccc2ncnc(N)c2c1. The molecule has 0 aliphatic rings. The normalized spacial score (nSPS) is 12.3. The second kappa shape index (κ2) is 9.00. The molecule has 0 fully saturated rings. The van der Waals surface area contributed by atoms with Gasteiger partial charge in [-0.1, -0.05) is 36.4 Å². The zero-order valence-electron chi connectivity index (χ0n) is 18.0. The number of nitrogens with zero attached hydrogens (tertiary/aromatic N) is 2. The van der Waals surface area contributed by atoms with Crippen LogP contribution in [0.15, 0.2) is 83.8 Å². The van der Waals surface area contributed by atoms with Crippen LogP contribution in [0, 0.1) is 0 Å². The molecule has 172 valence electrons. The Labute approximate surface area is 195 Å². The second-order valence-corrected chi connectivity index (χ2v) is 9.03. The van der Waals surface area contributed by atoms with Crippen LogP contribution in [0.25, 0.3) is 27.6 Å². The van der Waals surface area contributed by atoms with Gasteiger partial charge in [0, 0.05) is 16.6 Å². The van der Waals surface area contributed by atoms with E-state index in [1.807, 2.05) is 0 Å². The lowest BCUT2D eigenvalue weighted by Gasteiger charge is -2.10. The molecule has 4 rings (SSSR count). The van der Waals surface area contributed by atoms with E-state index < -0.39 is 21.8 Å². The first kappa shape index (κ1) is 23.0. The van der Waals surface area contributed by atoms with Gasteiger partial charge in [0.1, 0.15) is 12.1 Å². The third-order valence-electron chi connectivity index (χ3n) is 5.28. The van der Waals surface area contributed by atoms with Gasteiger partial charge in [-0.3, -0.25) is 4.79 Å². The molecular formula is C24H20FN5O3S. The van der Waals surface area contributed by atoms with Gasteiger partial charge >= 0.3 is 0 Å². The van der Waals surface area contributed by atoms with Crippen LogP contribution in [-0.4, -0.2) is 24.3 Å². The number of benzene rings is 3. The van der Waals surface area contributed by atoms with Crippen molar-refractivity contribution in [3.63, 3.8) is 0 Å². The van der Waals surface area contributed by atoms with Crippen LogP contribution in [0.4, 0.5) is 15.9 Å². The third kappa shape index (κ3) is 4.63. The predicted molar refractivity (Wildman–Crippen MR) is 130 cm³/mol. The zero-order valence-corrected chi connectivity index (χ0v) is 18.8. The highest BCUT2D eigenvalue weighted by atomic mass is 32.2. The molecule has 0 radical (unpaired) electrons. The molecule has 5 N–H and O–H groups in total. The van der Waals surface area contributed by atoms with E-state index in [2.05, 4.69) is 15.3 Å². The van der Waals surface area contributed by atoms with Crippen LogP contribution in [-0.2, 0) is 14.8 Å². The first-order valence-electron chi connectivity index (χ1n) is 10.1. The fraction of sp³-hybridized carbons (Fsp3) is 0.0417. The Kier molecular flexibility index (Phi) is 6.10. The molecule has 8 nitrogen and oxygen atoms in total. The van der Waals surface area contributed by atoms with E-state index in [1.54, 1.807) is 60.7 Å². The van der Waals surface area contributed by atoms with Gasteiger partial charge in [0.2, 0.25) is 10.0 Å². The molecule has 34 heavy (non-hydrogen) atoms. The molecule has 1 heterocycles. The molecule has 10 heteroatoms. The highest BCUT2D eigenvalue weighted by molar-refractivity contribution is 7.89. The third-order valence-corrected chi connectivity index (χ3v) is 6.24. The minimum atomic E-state index is -3.92. The summed E-state index contributed by atoms with van der Waals surface area (Å²) in [5, 5.41) is 8.35. The number of amides is 1. The molecule has 4 aromatic rings. The van der Waals surface area contributed by atoms with Crippen LogP contribution in [0.1, 0.15) is 12.5 Å². The lowest BCUT2D eigenvalue weighted by atomic mass is 10.0. The summed E-state index contributed by atoms with van der Waals surface area (Å²) in [6, 6.07) is 17.6. The summed E-state index contributed by atoms with van der Waals surface area (Å²) in [6.45, 7) is 1.49. The number of hydrogen-bond donors (Lipinski definition) is 3. The summed E-state index contributed by atoms with van der Waals surface area (Å²) in [7, 11) is -3.92. The van der Waals surface area contributed by atoms with Crippen molar-refractivity contribution in [3.05, 3.63) is 84.4 Å². The van der Waals surface area contributed by atoms with Gasteiger partial charge in [-0.2, -0.15) is 0 Å². The number of allylic oxidation sites excluding steroid dienone is 1. The maximum absolute atomic E-state index is 14.9. The van der Waals surface area contributed by atoms with E-state index in [9.17, 15) is 17.6 Å². The van der Waals surface area contributed by atoms with Crippen molar-refractivity contribution >= 4 is 43.9 Å². The molecule has 0 atom stereocenters. The van der Waals surface area contributed by atoms with E-state index in [1.165, 1.54) is 19.3 Å². The summed E-state index contributed by atoms with van der Waals surface area (Å²) >= 11 is 0. The average molecular weight is 478 g/mol. The molecule has 0 bridgehead atoms. The number of aromatic nitrogens is 2. The average Bonchev–Trinajstić information content (AvgIpc) is 2.83. The molecule has 1 amide bonds. The Morgan fingerprint density at radius 2 is 1.71 bits per heavy atom. The Bertz CT molecular complexity index is 1550. The summed E-state index contributed by atoms with van der Waals surface area (Å²) in [5.41, 5.74) is 8.40. The lowest BCUT2D eigenvalue weighted by molar-refractivity contribution is -0.114. The number of nitrogens with one attached hydrogen (secondary N) is 1. The van der Waals surface area contributed by atoms with Crippen molar-refractivity contribution in [2.75, 3.05) is 11.1 Å². The summed E-state index contributed by atoms with van der Waals surface area (Å²) in [4.78, 5) is 20.5. The molecule has 1 aromatic heterocycles. The van der Waals surface area contributed by atoms with Crippen LogP contribution < -0.4 is 16.2 Å². The van der Waals surface area contributed by atoms with E-state index in [0.717, 1.165) is 0 Å². The summed E-state index contributed by atoms with van der Waals surface area (Å²) < 4.78 is 38.6. The van der Waals surface area contributed by atoms with Crippen LogP contribution >= 0.6 is 0 Å². The predicted octanol–water partition coefficient (Wildman–Crippen LogP) is 3.87. The zero-order chi connectivity index (χ0) is 24.5. The fourth-order valence-corrected chi connectivity index (χ4v) is 4.24. The van der Waals surface area contributed by atoms with Gasteiger partial charge in [0.05, 0.1) is 10.4 Å². The van der Waals surface area contributed by atoms with Crippen molar-refractivity contribution in [2.45, 2.75) is 11.8 Å². The largest absolute Gasteiger partial charge is 0.383 e. The molecule has 0 aliphatic carbocycles. The Morgan fingerprint density at radius 1 is 1.00 bits per heavy atom. The first-order chi connectivity index (χ1) is 16.1. The number of carbonyl (C=O) groups excluding carboxylic acids is 1. The highest BCUT2D eigenvalue weighted by Crippen LogP contribution is 2.29. The molecular weight excluding hydrogens is 457 g/mol. The number of nitrogen functional groups attached to an aromatic ring is 1. The van der Waals surface area contributed by atoms with Crippen molar-refractivity contribution < 1.29 is 17.6 Å². The number of primary sulfonamides is 1. The van der Waals surface area contributed by atoms with Crippen molar-refractivity contribution in [3.8, 4) is 11.1 Å². The molecule has 0 saturated heterocycles. The highest BCUT2D eigenvalue weighted by Gasteiger charge is 2.17. The summed E-state index contributed by atoms with van der Waals surface area (Å²) in [6.07, 6.45) is 1.34. The van der Waals surface area contributed by atoms with Crippen molar-refractivity contribution in [2.24, 2.45) is 5.14 Å². The Hall–Kier alpha value is -4.15. The van der Waals surface area contributed by atoms with Gasteiger partial charge in [0.15, 0.2) is 5.83 Å². The molecule has 0 saturated carbocycles. The fourth-order valence-electron chi connectivity index (χ4n) is 3.48. The van der Waals surface area contributed by atoms with E-state index in [4.69, 9.17) is 10.9 Å². The number of halogens is 1. The molecule has 3 aromatic carbocycles. The number of anilines is 2. The maximum Gasteiger partial charge on any atom is 0.284 e. The van der Waals surface area contributed by atoms with Crippen LogP contribution in [0.5, 0.6) is 0 Å². The Morgan fingerprint density at radius 3 is 2.41 bits per heavy atom. The van der Waals surface area contributed by atoms with Gasteiger partial charge in [-0.25, -0.2) is 27.9 Å². The quantitative estimate of drug-likeness (QED) is 0.373. The standard InChI is InChI=1S/C24H20FN5O3S/c1-14(16-8-11-20-19(12-16)23(26)29-13-28-20)22(25)24(31)30-17-9-6-15(7-10-17)18-4-2-3-5-21(18)34(27,32)33/h2-13H,1H3,(H,30,31)(H2,26,28,29)(H2,27,32,33). The number of hydrogen-bond acceptors (Lipinski definition) is 6. The number of nitrogens with two attached hydrogens (primary N) is 2. The van der Waals surface area contributed by atoms with Gasteiger partial charge in [0.25, 0.3) is 5.91 Å². The first-order valence-corrected chi connectivity index (χ1v) is 11.6. The smallest absolute Gasteiger partial charge is 0.284 e. The van der Waals surface area contributed by atoms with Crippen LogP contribution in [0.3, 0.4) is 0 Å². The lowest BCUT2D eigenvalue weighted by Crippen LogP contribution is -2.13. The number of rotatable bonds is 5. The number of fused-ring (bicyclic) bond motifs is 1. The minimum absolute atomic E-state index is 0.0159. The van der Waals surface area contributed by atoms with E-state index in [0.29, 0.717) is 33.3 Å². The van der Waals surface area contributed by atoms with Crippen LogP contribution in [0.2, 0.25) is 0 Å². The number of carbonyl (C=O) groups is 1. The molecule has 0 aliphatic heterocycles. The monoisotopic (exact) mass is 477 g/mol. The molecule has 0 unspecified atom stereocenters. The second-order valence-electron chi connectivity index (χ2n) is 7.50. The van der Waals surface area contributed by atoms with Crippen molar-refractivity contribution in [1.29, 1.82) is 0 Å². The summed E-state index contributed by atoms with van der Waals surface area (Å²) in [5.74, 6) is -1.63. The Balaban J connectivity index is 1.57. The maximum atomic E-state index is 14.9. The van der Waals surface area contributed by atoms with Gasteiger partial charge in [-0.05, 0) is 54.0 Å². The van der Waals surface area contributed by atoms with E-state index in [-0.39, 0.29) is 16.3 Å².